The van der Waals surface area contributed by atoms with Gasteiger partial charge in [0.05, 0.1) is 11.9 Å². The van der Waals surface area contributed by atoms with Crippen LogP contribution in [0.3, 0.4) is 0 Å². The number of imidazole rings is 1. The minimum absolute atomic E-state index is 0.110. The molecule has 1 N–H and O–H groups in total. The standard InChI is InChI=1S/C20H18F3N7O3/c1-13-10-29(12-26-13)17-8-14(4-5-24-17)33-15-2-3-16(25-9-15)27-18(31)30-7-6-28(19(30)32)11-20(21,22)23/h2-5,8-10,12H,6-7,11H2,1H3,(H,25,27,31). The molecule has 4 rings (SSSR count). The molecule has 1 aliphatic heterocycles. The molecule has 0 radical (unpaired) electrons. The van der Waals surface area contributed by atoms with E-state index in [4.69, 9.17) is 4.74 Å². The predicted molar refractivity (Wildman–Crippen MR) is 109 cm³/mol. The van der Waals surface area contributed by atoms with Crippen LogP contribution in [0.5, 0.6) is 11.5 Å². The van der Waals surface area contributed by atoms with Crippen LogP contribution in [0.25, 0.3) is 5.82 Å². The van der Waals surface area contributed by atoms with Gasteiger partial charge in [-0.05, 0) is 25.1 Å². The van der Waals surface area contributed by atoms with Crippen LogP contribution in [0.2, 0.25) is 0 Å². The van der Waals surface area contributed by atoms with Crippen LogP contribution >= 0.6 is 0 Å². The number of carbonyl (C=O) groups excluding carboxylic acids is 2. The molecule has 1 fully saturated rings. The van der Waals surface area contributed by atoms with Crippen LogP contribution in [0.1, 0.15) is 5.69 Å². The zero-order chi connectivity index (χ0) is 23.6. The quantitative estimate of drug-likeness (QED) is 0.623. The van der Waals surface area contributed by atoms with Crippen molar-refractivity contribution in [2.45, 2.75) is 13.1 Å². The van der Waals surface area contributed by atoms with E-state index in [-0.39, 0.29) is 18.9 Å². The molecule has 3 aromatic heterocycles. The summed E-state index contributed by atoms with van der Waals surface area (Å²) in [5.74, 6) is 1.59. The van der Waals surface area contributed by atoms with Crippen molar-refractivity contribution >= 4 is 17.9 Å². The Bertz CT molecular complexity index is 1160. The molecule has 1 aliphatic rings. The van der Waals surface area contributed by atoms with Crippen molar-refractivity contribution in [3.05, 3.63) is 54.9 Å². The first kappa shape index (κ1) is 22.0. The predicted octanol–water partition coefficient (Wildman–Crippen LogP) is 3.59. The molecule has 0 aromatic carbocycles. The van der Waals surface area contributed by atoms with E-state index in [9.17, 15) is 22.8 Å². The number of amides is 4. The van der Waals surface area contributed by atoms with Gasteiger partial charge in [-0.1, -0.05) is 0 Å². The lowest BCUT2D eigenvalue weighted by Gasteiger charge is -2.19. The average molecular weight is 461 g/mol. The van der Waals surface area contributed by atoms with E-state index in [0.717, 1.165) is 5.69 Å². The summed E-state index contributed by atoms with van der Waals surface area (Å²) in [6.07, 6.45) is 1.86. The summed E-state index contributed by atoms with van der Waals surface area (Å²) in [5.41, 5.74) is 0.841. The van der Waals surface area contributed by atoms with Crippen LogP contribution < -0.4 is 10.1 Å². The first-order chi connectivity index (χ1) is 15.7. The van der Waals surface area contributed by atoms with E-state index in [1.807, 2.05) is 13.1 Å². The summed E-state index contributed by atoms with van der Waals surface area (Å²) in [6.45, 7) is 0.111. The topological polar surface area (TPSA) is 105 Å². The second kappa shape index (κ2) is 8.76. The average Bonchev–Trinajstić information content (AvgIpc) is 3.34. The number of hydrogen-bond donors (Lipinski definition) is 1. The number of nitrogens with zero attached hydrogens (tertiary/aromatic N) is 6. The van der Waals surface area contributed by atoms with Crippen molar-refractivity contribution in [3.8, 4) is 17.3 Å². The summed E-state index contributed by atoms with van der Waals surface area (Å²) in [7, 11) is 0. The molecule has 3 aromatic rings. The molecular weight excluding hydrogens is 443 g/mol. The number of alkyl halides is 3. The van der Waals surface area contributed by atoms with Crippen molar-refractivity contribution in [1.29, 1.82) is 0 Å². The number of urea groups is 2. The number of aromatic nitrogens is 4. The van der Waals surface area contributed by atoms with Gasteiger partial charge in [0.25, 0.3) is 0 Å². The number of pyridine rings is 2. The van der Waals surface area contributed by atoms with Crippen molar-refractivity contribution < 1.29 is 27.5 Å². The third-order valence-corrected chi connectivity index (χ3v) is 4.61. The van der Waals surface area contributed by atoms with Gasteiger partial charge in [0.1, 0.15) is 36.0 Å². The van der Waals surface area contributed by atoms with Gasteiger partial charge in [0.2, 0.25) is 0 Å². The van der Waals surface area contributed by atoms with Crippen LogP contribution in [-0.4, -0.2) is 67.2 Å². The minimum Gasteiger partial charge on any atom is -0.456 e. The molecule has 172 valence electrons. The van der Waals surface area contributed by atoms with E-state index in [1.165, 1.54) is 12.3 Å². The molecule has 0 atom stereocenters. The Morgan fingerprint density at radius 2 is 1.97 bits per heavy atom. The minimum atomic E-state index is -4.53. The Balaban J connectivity index is 1.36. The van der Waals surface area contributed by atoms with Gasteiger partial charge in [-0.25, -0.2) is 29.4 Å². The normalized spacial score (nSPS) is 14.0. The van der Waals surface area contributed by atoms with Gasteiger partial charge in [-0.15, -0.1) is 0 Å². The highest BCUT2D eigenvalue weighted by atomic mass is 19.4. The third kappa shape index (κ3) is 5.37. The number of aryl methyl sites for hydroxylation is 1. The number of halogens is 3. The van der Waals surface area contributed by atoms with E-state index < -0.39 is 24.8 Å². The Kier molecular flexibility index (Phi) is 5.85. The summed E-state index contributed by atoms with van der Waals surface area (Å²) >= 11 is 0. The number of nitrogens with one attached hydrogen (secondary N) is 1. The molecule has 0 saturated carbocycles. The van der Waals surface area contributed by atoms with E-state index in [1.54, 1.807) is 35.3 Å². The highest BCUT2D eigenvalue weighted by molar-refractivity contribution is 6.01. The van der Waals surface area contributed by atoms with Crippen molar-refractivity contribution in [2.75, 3.05) is 25.0 Å². The number of ether oxygens (including phenoxy) is 1. The number of rotatable bonds is 5. The molecule has 0 bridgehead atoms. The fraction of sp³-hybridized carbons (Fsp3) is 0.250. The fourth-order valence-electron chi connectivity index (χ4n) is 3.11. The molecule has 0 unspecified atom stereocenters. The molecule has 33 heavy (non-hydrogen) atoms. The maximum atomic E-state index is 12.5. The molecule has 4 heterocycles. The molecule has 4 amide bonds. The number of imide groups is 1. The summed E-state index contributed by atoms with van der Waals surface area (Å²) in [5, 5.41) is 2.39. The lowest BCUT2D eigenvalue weighted by atomic mass is 10.4. The smallest absolute Gasteiger partial charge is 0.406 e. The Hall–Kier alpha value is -4.16. The van der Waals surface area contributed by atoms with Gasteiger partial charge >= 0.3 is 18.2 Å². The Labute approximate surface area is 185 Å². The van der Waals surface area contributed by atoms with Crippen LogP contribution in [0.4, 0.5) is 28.6 Å². The van der Waals surface area contributed by atoms with Crippen LogP contribution in [0.15, 0.2) is 49.2 Å². The molecule has 1 saturated heterocycles. The van der Waals surface area contributed by atoms with Gasteiger partial charge in [-0.2, -0.15) is 13.2 Å². The number of hydrogen-bond acceptors (Lipinski definition) is 6. The van der Waals surface area contributed by atoms with Gasteiger partial charge < -0.3 is 9.64 Å². The van der Waals surface area contributed by atoms with Crippen molar-refractivity contribution in [3.63, 3.8) is 0 Å². The third-order valence-electron chi connectivity index (χ3n) is 4.61. The zero-order valence-corrected chi connectivity index (χ0v) is 17.3. The van der Waals surface area contributed by atoms with Crippen molar-refractivity contribution in [2.24, 2.45) is 0 Å². The molecule has 0 spiro atoms. The highest BCUT2D eigenvalue weighted by Gasteiger charge is 2.40. The monoisotopic (exact) mass is 461 g/mol. The Morgan fingerprint density at radius 3 is 2.64 bits per heavy atom. The summed E-state index contributed by atoms with van der Waals surface area (Å²) in [6, 6.07) is 4.50. The largest absolute Gasteiger partial charge is 0.456 e. The van der Waals surface area contributed by atoms with Gasteiger partial charge in [-0.3, -0.25) is 9.88 Å². The van der Waals surface area contributed by atoms with Crippen LogP contribution in [0, 0.1) is 6.92 Å². The molecule has 13 heteroatoms. The maximum Gasteiger partial charge on any atom is 0.406 e. The van der Waals surface area contributed by atoms with Gasteiger partial charge in [0.15, 0.2) is 0 Å². The lowest BCUT2D eigenvalue weighted by molar-refractivity contribution is -0.138. The second-order valence-corrected chi connectivity index (χ2v) is 7.15. The maximum absolute atomic E-state index is 12.5. The number of carbonyl (C=O) groups is 2. The first-order valence-electron chi connectivity index (χ1n) is 9.73. The summed E-state index contributed by atoms with van der Waals surface area (Å²) in [4.78, 5) is 38.1. The van der Waals surface area contributed by atoms with Crippen LogP contribution in [-0.2, 0) is 0 Å². The van der Waals surface area contributed by atoms with E-state index in [0.29, 0.717) is 27.1 Å². The summed E-state index contributed by atoms with van der Waals surface area (Å²) < 4.78 is 45.1. The van der Waals surface area contributed by atoms with Gasteiger partial charge in [0, 0.05) is 31.5 Å². The fourth-order valence-corrected chi connectivity index (χ4v) is 3.11. The van der Waals surface area contributed by atoms with E-state index in [2.05, 4.69) is 20.3 Å². The second-order valence-electron chi connectivity index (χ2n) is 7.15. The number of anilines is 1. The first-order valence-corrected chi connectivity index (χ1v) is 9.73. The van der Waals surface area contributed by atoms with E-state index >= 15 is 0 Å². The lowest BCUT2D eigenvalue weighted by Crippen LogP contribution is -2.41. The Morgan fingerprint density at radius 1 is 1.15 bits per heavy atom. The molecular formula is C20H18F3N7O3. The SMILES string of the molecule is Cc1cn(-c2cc(Oc3ccc(NC(=O)N4CCN(CC(F)(F)F)C4=O)nc3)ccn2)cn1. The highest BCUT2D eigenvalue weighted by Crippen LogP contribution is 2.24. The van der Waals surface area contributed by atoms with Crippen molar-refractivity contribution in [1.82, 2.24) is 29.3 Å². The molecule has 0 aliphatic carbocycles. The zero-order valence-electron chi connectivity index (χ0n) is 17.3. The molecule has 10 nitrogen and oxygen atoms in total.